The molecule has 6 heteroatoms. The van der Waals surface area contributed by atoms with E-state index in [0.29, 0.717) is 28.6 Å². The van der Waals surface area contributed by atoms with Crippen LogP contribution in [0.5, 0.6) is 17.2 Å². The summed E-state index contributed by atoms with van der Waals surface area (Å²) < 4.78 is 15.7. The Hall–Kier alpha value is -3.02. The number of hydrogen-bond acceptors (Lipinski definition) is 5. The Bertz CT molecular complexity index is 674. The molecule has 2 aromatic rings. The third-order valence-electron chi connectivity index (χ3n) is 3.03. The highest BCUT2D eigenvalue weighted by atomic mass is 16.5. The van der Waals surface area contributed by atoms with Gasteiger partial charge in [0.15, 0.2) is 11.5 Å². The molecule has 23 heavy (non-hydrogen) atoms. The minimum atomic E-state index is -0.287. The monoisotopic (exact) mass is 314 g/mol. The van der Waals surface area contributed by atoms with E-state index in [1.54, 1.807) is 24.4 Å². The Balaban J connectivity index is 2.16. The molecular weight excluding hydrogens is 296 g/mol. The van der Waals surface area contributed by atoms with Crippen molar-refractivity contribution in [3.05, 3.63) is 48.3 Å². The minimum Gasteiger partial charge on any atom is -0.493 e. The number of carbonyl (C=O) groups is 1. The Morgan fingerprint density at radius 1 is 1.09 bits per heavy atom. The topological polar surface area (TPSA) is 69.7 Å². The van der Waals surface area contributed by atoms with Crippen molar-refractivity contribution >= 4 is 17.7 Å². The van der Waals surface area contributed by atoms with Crippen molar-refractivity contribution in [2.45, 2.75) is 0 Å². The number of rotatable bonds is 6. The third kappa shape index (κ3) is 4.23. The van der Waals surface area contributed by atoms with Gasteiger partial charge in [-0.1, -0.05) is 6.07 Å². The fourth-order valence-corrected chi connectivity index (χ4v) is 1.97. The van der Waals surface area contributed by atoms with Crippen molar-refractivity contribution in [2.75, 3.05) is 26.6 Å². The highest BCUT2D eigenvalue weighted by Gasteiger charge is 2.13. The summed E-state index contributed by atoms with van der Waals surface area (Å²) in [5.41, 5.74) is 1.24. The van der Waals surface area contributed by atoms with Crippen molar-refractivity contribution < 1.29 is 19.0 Å². The third-order valence-corrected chi connectivity index (χ3v) is 3.03. The van der Waals surface area contributed by atoms with Gasteiger partial charge in [-0.25, -0.2) is 0 Å². The van der Waals surface area contributed by atoms with Crippen LogP contribution in [0, 0.1) is 0 Å². The summed E-state index contributed by atoms with van der Waals surface area (Å²) >= 11 is 0. The first kappa shape index (κ1) is 16.4. The molecule has 1 N–H and O–H groups in total. The van der Waals surface area contributed by atoms with Gasteiger partial charge in [-0.3, -0.25) is 9.78 Å². The fourth-order valence-electron chi connectivity index (χ4n) is 1.97. The first-order valence-corrected chi connectivity index (χ1v) is 6.88. The maximum Gasteiger partial charge on any atom is 0.248 e. The maximum atomic E-state index is 12.0. The highest BCUT2D eigenvalue weighted by Crippen LogP contribution is 2.39. The van der Waals surface area contributed by atoms with Crippen LogP contribution in [0.1, 0.15) is 5.69 Å². The summed E-state index contributed by atoms with van der Waals surface area (Å²) in [5.74, 6) is 1.12. The minimum absolute atomic E-state index is 0.287. The van der Waals surface area contributed by atoms with E-state index in [-0.39, 0.29) is 5.91 Å². The van der Waals surface area contributed by atoms with E-state index >= 15 is 0 Å². The van der Waals surface area contributed by atoms with E-state index in [0.717, 1.165) is 0 Å². The van der Waals surface area contributed by atoms with E-state index < -0.39 is 0 Å². The van der Waals surface area contributed by atoms with Crippen LogP contribution < -0.4 is 19.5 Å². The SMILES string of the molecule is COc1cc(NC(=O)/C=C/c2ccccn2)cc(OC)c1OC. The van der Waals surface area contributed by atoms with Crippen LogP contribution in [0.3, 0.4) is 0 Å². The highest BCUT2D eigenvalue weighted by molar-refractivity contribution is 6.02. The van der Waals surface area contributed by atoms with Gasteiger partial charge in [-0.15, -0.1) is 0 Å². The molecule has 0 bridgehead atoms. The molecular formula is C17H18N2O4. The Kier molecular flexibility index (Phi) is 5.57. The molecule has 0 radical (unpaired) electrons. The molecule has 2 rings (SSSR count). The Morgan fingerprint density at radius 3 is 2.30 bits per heavy atom. The number of aromatic nitrogens is 1. The predicted octanol–water partition coefficient (Wildman–Crippen LogP) is 2.76. The average Bonchev–Trinajstić information content (AvgIpc) is 2.59. The molecule has 1 amide bonds. The van der Waals surface area contributed by atoms with Gasteiger partial charge in [0.05, 0.1) is 27.0 Å². The Morgan fingerprint density at radius 2 is 1.78 bits per heavy atom. The summed E-state index contributed by atoms with van der Waals surface area (Å²) in [6, 6.07) is 8.79. The largest absolute Gasteiger partial charge is 0.493 e. The van der Waals surface area contributed by atoms with E-state index in [1.165, 1.54) is 27.4 Å². The number of ether oxygens (including phenoxy) is 3. The number of amides is 1. The van der Waals surface area contributed by atoms with Crippen LogP contribution in [0.2, 0.25) is 0 Å². The van der Waals surface area contributed by atoms with Crippen molar-refractivity contribution in [1.29, 1.82) is 0 Å². The molecule has 1 aromatic carbocycles. The maximum absolute atomic E-state index is 12.0. The zero-order valence-electron chi connectivity index (χ0n) is 13.2. The fraction of sp³-hybridized carbons (Fsp3) is 0.176. The molecule has 0 fully saturated rings. The van der Waals surface area contributed by atoms with E-state index in [2.05, 4.69) is 10.3 Å². The van der Waals surface area contributed by atoms with Crippen LogP contribution in [0.4, 0.5) is 5.69 Å². The van der Waals surface area contributed by atoms with Gasteiger partial charge in [0.25, 0.3) is 0 Å². The molecule has 0 aliphatic heterocycles. The molecule has 0 saturated heterocycles. The smallest absolute Gasteiger partial charge is 0.248 e. The predicted molar refractivity (Wildman–Crippen MR) is 88.0 cm³/mol. The zero-order chi connectivity index (χ0) is 16.7. The van der Waals surface area contributed by atoms with Gasteiger partial charge >= 0.3 is 0 Å². The first-order chi connectivity index (χ1) is 11.2. The summed E-state index contributed by atoms with van der Waals surface area (Å²) in [5, 5.41) is 2.74. The van der Waals surface area contributed by atoms with Crippen molar-refractivity contribution in [3.8, 4) is 17.2 Å². The lowest BCUT2D eigenvalue weighted by Gasteiger charge is -2.14. The summed E-state index contributed by atoms with van der Waals surface area (Å²) in [6.07, 6.45) is 4.70. The lowest BCUT2D eigenvalue weighted by molar-refractivity contribution is -0.111. The second-order valence-electron chi connectivity index (χ2n) is 4.49. The number of pyridine rings is 1. The Labute approximate surface area is 134 Å². The summed E-state index contributed by atoms with van der Waals surface area (Å²) in [7, 11) is 4.56. The first-order valence-electron chi connectivity index (χ1n) is 6.88. The van der Waals surface area contributed by atoms with E-state index in [4.69, 9.17) is 14.2 Å². The van der Waals surface area contributed by atoms with Gasteiger partial charge in [-0.2, -0.15) is 0 Å². The number of anilines is 1. The van der Waals surface area contributed by atoms with Crippen LogP contribution in [0.25, 0.3) is 6.08 Å². The quantitative estimate of drug-likeness (QED) is 0.830. The molecule has 120 valence electrons. The van der Waals surface area contributed by atoms with Gasteiger partial charge in [0.1, 0.15) is 0 Å². The molecule has 0 saturated carbocycles. The standard InChI is InChI=1S/C17H18N2O4/c1-21-14-10-13(11-15(22-2)17(14)23-3)19-16(20)8-7-12-6-4-5-9-18-12/h4-11H,1-3H3,(H,19,20)/b8-7+. The van der Waals surface area contributed by atoms with Gasteiger partial charge in [-0.05, 0) is 18.2 Å². The van der Waals surface area contributed by atoms with Crippen LogP contribution in [-0.4, -0.2) is 32.2 Å². The molecule has 0 atom stereocenters. The van der Waals surface area contributed by atoms with Crippen molar-refractivity contribution in [3.63, 3.8) is 0 Å². The lowest BCUT2D eigenvalue weighted by Crippen LogP contribution is -2.08. The molecule has 0 unspecified atom stereocenters. The van der Waals surface area contributed by atoms with E-state index in [1.807, 2.05) is 18.2 Å². The normalized spacial score (nSPS) is 10.4. The van der Waals surface area contributed by atoms with Gasteiger partial charge in [0, 0.05) is 30.1 Å². The average molecular weight is 314 g/mol. The summed E-state index contributed by atoms with van der Waals surface area (Å²) in [4.78, 5) is 16.1. The molecule has 0 aliphatic carbocycles. The lowest BCUT2D eigenvalue weighted by atomic mass is 10.2. The number of nitrogens with one attached hydrogen (secondary N) is 1. The number of nitrogens with zero attached hydrogens (tertiary/aromatic N) is 1. The molecule has 6 nitrogen and oxygen atoms in total. The molecule has 1 aromatic heterocycles. The zero-order valence-corrected chi connectivity index (χ0v) is 13.2. The van der Waals surface area contributed by atoms with E-state index in [9.17, 15) is 4.79 Å². The molecule has 0 aliphatic rings. The van der Waals surface area contributed by atoms with Crippen LogP contribution in [-0.2, 0) is 4.79 Å². The molecule has 1 heterocycles. The van der Waals surface area contributed by atoms with Gasteiger partial charge < -0.3 is 19.5 Å². The number of benzene rings is 1. The number of carbonyl (C=O) groups excluding carboxylic acids is 1. The van der Waals surface area contributed by atoms with Gasteiger partial charge in [0.2, 0.25) is 11.7 Å². The van der Waals surface area contributed by atoms with Crippen molar-refractivity contribution in [2.24, 2.45) is 0 Å². The van der Waals surface area contributed by atoms with Crippen LogP contribution in [0.15, 0.2) is 42.6 Å². The number of hydrogen-bond donors (Lipinski definition) is 1. The summed E-state index contributed by atoms with van der Waals surface area (Å²) in [6.45, 7) is 0. The van der Waals surface area contributed by atoms with Crippen LogP contribution >= 0.6 is 0 Å². The van der Waals surface area contributed by atoms with Crippen molar-refractivity contribution in [1.82, 2.24) is 4.98 Å². The number of methoxy groups -OCH3 is 3. The molecule has 0 spiro atoms. The second kappa shape index (κ2) is 7.84. The second-order valence-corrected chi connectivity index (χ2v) is 4.49.